The van der Waals surface area contributed by atoms with Gasteiger partial charge in [-0.25, -0.2) is 13.2 Å². The summed E-state index contributed by atoms with van der Waals surface area (Å²) in [6.07, 6.45) is 0.228. The van der Waals surface area contributed by atoms with Gasteiger partial charge in [0.05, 0.1) is 47.4 Å². The van der Waals surface area contributed by atoms with Gasteiger partial charge in [-0.05, 0) is 19.4 Å². The molecule has 4 heterocycles. The number of rotatable bonds is 5. The van der Waals surface area contributed by atoms with E-state index in [0.717, 1.165) is 30.1 Å². The average Bonchev–Trinajstić information content (AvgIpc) is 3.37. The smallest absolute Gasteiger partial charge is 0.266 e. The summed E-state index contributed by atoms with van der Waals surface area (Å²) in [5.41, 5.74) is 1.88. The SMILES string of the molecule is Cc1nnc(NCc2cccc(C(F)F)c2F)c2cc(N3CC4C[C@@H]3CO4)cnc12. The van der Waals surface area contributed by atoms with Gasteiger partial charge in [0.2, 0.25) is 0 Å². The van der Waals surface area contributed by atoms with Crippen molar-refractivity contribution in [3.05, 3.63) is 53.1 Å². The second-order valence-corrected chi connectivity index (χ2v) is 7.70. The van der Waals surface area contributed by atoms with Crippen LogP contribution in [0.15, 0.2) is 30.5 Å². The van der Waals surface area contributed by atoms with Gasteiger partial charge in [-0.3, -0.25) is 4.98 Å². The van der Waals surface area contributed by atoms with Gasteiger partial charge < -0.3 is 15.0 Å². The van der Waals surface area contributed by atoms with E-state index in [1.807, 2.05) is 19.2 Å². The molecule has 0 radical (unpaired) electrons. The third-order valence-electron chi connectivity index (χ3n) is 5.79. The lowest BCUT2D eigenvalue weighted by Gasteiger charge is -2.29. The molecule has 3 aromatic rings. The molecule has 2 bridgehead atoms. The van der Waals surface area contributed by atoms with Crippen LogP contribution in [-0.2, 0) is 11.3 Å². The zero-order chi connectivity index (χ0) is 20.8. The second kappa shape index (κ2) is 7.39. The number of benzene rings is 1. The van der Waals surface area contributed by atoms with E-state index in [9.17, 15) is 13.2 Å². The van der Waals surface area contributed by atoms with Crippen LogP contribution >= 0.6 is 0 Å². The number of pyridine rings is 1. The number of morpholine rings is 1. The van der Waals surface area contributed by atoms with Crippen LogP contribution in [0.1, 0.15) is 29.7 Å². The summed E-state index contributed by atoms with van der Waals surface area (Å²) in [5.74, 6) is -0.469. The molecule has 9 heteroatoms. The van der Waals surface area contributed by atoms with E-state index in [2.05, 4.69) is 25.4 Å². The third kappa shape index (κ3) is 3.23. The molecule has 156 valence electrons. The zero-order valence-corrected chi connectivity index (χ0v) is 16.3. The first-order chi connectivity index (χ1) is 14.5. The minimum absolute atomic E-state index is 0.00567. The predicted octanol–water partition coefficient (Wildman–Crippen LogP) is 4.00. The molecule has 0 saturated carbocycles. The average molecular weight is 415 g/mol. The molecular weight excluding hydrogens is 395 g/mol. The lowest BCUT2D eigenvalue weighted by atomic mass is 10.1. The molecule has 0 aliphatic carbocycles. The van der Waals surface area contributed by atoms with Crippen LogP contribution in [0.3, 0.4) is 0 Å². The Kier molecular flexibility index (Phi) is 4.69. The van der Waals surface area contributed by atoms with E-state index in [1.54, 1.807) is 0 Å². The van der Waals surface area contributed by atoms with Crippen molar-refractivity contribution in [1.82, 2.24) is 15.2 Å². The van der Waals surface area contributed by atoms with Gasteiger partial charge in [0.15, 0.2) is 5.82 Å². The van der Waals surface area contributed by atoms with Gasteiger partial charge in [-0.2, -0.15) is 5.10 Å². The third-order valence-corrected chi connectivity index (χ3v) is 5.79. The molecule has 1 aromatic carbocycles. The number of fused-ring (bicyclic) bond motifs is 3. The normalized spacial score (nSPS) is 20.5. The number of alkyl halides is 2. The topological polar surface area (TPSA) is 63.2 Å². The Balaban J connectivity index is 1.46. The van der Waals surface area contributed by atoms with Crippen molar-refractivity contribution in [3.63, 3.8) is 0 Å². The minimum atomic E-state index is -2.86. The molecule has 2 aliphatic rings. The van der Waals surface area contributed by atoms with Crippen molar-refractivity contribution in [2.75, 3.05) is 23.4 Å². The predicted molar refractivity (Wildman–Crippen MR) is 106 cm³/mol. The zero-order valence-electron chi connectivity index (χ0n) is 16.3. The quantitative estimate of drug-likeness (QED) is 0.680. The van der Waals surface area contributed by atoms with Gasteiger partial charge in [0.1, 0.15) is 5.82 Å². The highest BCUT2D eigenvalue weighted by Gasteiger charge is 2.39. The number of ether oxygens (including phenoxy) is 1. The molecule has 2 fully saturated rings. The van der Waals surface area contributed by atoms with Crippen LogP contribution in [0, 0.1) is 12.7 Å². The number of aryl methyl sites for hydroxylation is 1. The summed E-state index contributed by atoms with van der Waals surface area (Å²) in [6, 6.07) is 6.33. The van der Waals surface area contributed by atoms with Crippen LogP contribution in [0.25, 0.3) is 10.9 Å². The van der Waals surface area contributed by atoms with E-state index in [-0.39, 0.29) is 18.2 Å². The second-order valence-electron chi connectivity index (χ2n) is 7.70. The molecule has 30 heavy (non-hydrogen) atoms. The van der Waals surface area contributed by atoms with Crippen molar-refractivity contribution in [2.24, 2.45) is 0 Å². The molecule has 2 atom stereocenters. The van der Waals surface area contributed by atoms with Gasteiger partial charge >= 0.3 is 0 Å². The summed E-state index contributed by atoms with van der Waals surface area (Å²) >= 11 is 0. The standard InChI is InChI=1S/C21H20F3N5O/c1-11-19-17(6-13(8-25-19)29-9-15-5-14(29)10-30-15)21(28-27-11)26-7-12-3-2-4-16(18(12)22)20(23)24/h2-4,6,8,14-15,20H,5,7,9-10H2,1H3,(H,26,28)/t14-,15?/m1/s1. The van der Waals surface area contributed by atoms with Gasteiger partial charge in [0.25, 0.3) is 6.43 Å². The molecule has 0 amide bonds. The van der Waals surface area contributed by atoms with Gasteiger partial charge in [-0.1, -0.05) is 18.2 Å². The molecule has 2 saturated heterocycles. The van der Waals surface area contributed by atoms with Gasteiger partial charge in [0, 0.05) is 24.0 Å². The fourth-order valence-electron chi connectivity index (χ4n) is 4.24. The Hall–Kier alpha value is -2.94. The van der Waals surface area contributed by atoms with Gasteiger partial charge in [-0.15, -0.1) is 5.10 Å². The number of halogens is 3. The lowest BCUT2D eigenvalue weighted by Crippen LogP contribution is -2.36. The summed E-state index contributed by atoms with van der Waals surface area (Å²) in [5, 5.41) is 12.1. The maximum absolute atomic E-state index is 14.4. The Labute approximate surface area is 171 Å². The molecule has 0 spiro atoms. The fourth-order valence-corrected chi connectivity index (χ4v) is 4.24. The first-order valence-corrected chi connectivity index (χ1v) is 9.82. The molecule has 5 rings (SSSR count). The van der Waals surface area contributed by atoms with E-state index >= 15 is 0 Å². The summed E-state index contributed by atoms with van der Waals surface area (Å²) in [6.45, 7) is 3.36. The molecular formula is C21H20F3N5O. The van der Waals surface area contributed by atoms with Crippen molar-refractivity contribution >= 4 is 22.4 Å². The monoisotopic (exact) mass is 415 g/mol. The highest BCUT2D eigenvalue weighted by molar-refractivity contribution is 5.92. The van der Waals surface area contributed by atoms with Crippen molar-refractivity contribution in [3.8, 4) is 0 Å². The maximum atomic E-state index is 14.4. The Morgan fingerprint density at radius 2 is 2.17 bits per heavy atom. The number of hydrogen-bond donors (Lipinski definition) is 1. The first kappa shape index (κ1) is 19.0. The number of aromatic nitrogens is 3. The van der Waals surface area contributed by atoms with Crippen molar-refractivity contribution < 1.29 is 17.9 Å². The largest absolute Gasteiger partial charge is 0.374 e. The minimum Gasteiger partial charge on any atom is -0.374 e. The lowest BCUT2D eigenvalue weighted by molar-refractivity contribution is 0.0991. The summed E-state index contributed by atoms with van der Waals surface area (Å²) < 4.78 is 46.0. The van der Waals surface area contributed by atoms with E-state index in [0.29, 0.717) is 29.7 Å². The Bertz CT molecular complexity index is 1110. The first-order valence-electron chi connectivity index (χ1n) is 9.82. The van der Waals surface area contributed by atoms with Crippen LogP contribution < -0.4 is 10.2 Å². The van der Waals surface area contributed by atoms with Crippen molar-refractivity contribution in [1.29, 1.82) is 0 Å². The highest BCUT2D eigenvalue weighted by Crippen LogP contribution is 2.34. The Morgan fingerprint density at radius 1 is 1.30 bits per heavy atom. The van der Waals surface area contributed by atoms with Crippen LogP contribution in [0.2, 0.25) is 0 Å². The van der Waals surface area contributed by atoms with E-state index in [1.165, 1.54) is 12.1 Å². The fraction of sp³-hybridized carbons (Fsp3) is 0.381. The van der Waals surface area contributed by atoms with Crippen LogP contribution in [0.5, 0.6) is 0 Å². The van der Waals surface area contributed by atoms with Crippen LogP contribution in [0.4, 0.5) is 24.7 Å². The highest BCUT2D eigenvalue weighted by atomic mass is 19.3. The molecule has 2 aromatic heterocycles. The number of nitrogens with one attached hydrogen (secondary N) is 1. The Morgan fingerprint density at radius 3 is 2.90 bits per heavy atom. The number of nitrogens with zero attached hydrogens (tertiary/aromatic N) is 4. The van der Waals surface area contributed by atoms with E-state index < -0.39 is 17.8 Å². The number of anilines is 2. The maximum Gasteiger partial charge on any atom is 0.266 e. The van der Waals surface area contributed by atoms with Crippen molar-refractivity contribution in [2.45, 2.75) is 38.5 Å². The summed E-state index contributed by atoms with van der Waals surface area (Å²) in [7, 11) is 0. The summed E-state index contributed by atoms with van der Waals surface area (Å²) in [4.78, 5) is 6.86. The van der Waals surface area contributed by atoms with Crippen LogP contribution in [-0.4, -0.2) is 40.5 Å². The molecule has 1 N–H and O–H groups in total. The molecule has 1 unspecified atom stereocenters. The molecule has 2 aliphatic heterocycles. The van der Waals surface area contributed by atoms with E-state index in [4.69, 9.17) is 4.74 Å². The number of hydrogen-bond acceptors (Lipinski definition) is 6. The molecule has 6 nitrogen and oxygen atoms in total.